The Kier molecular flexibility index (Phi) is 6.31. The third kappa shape index (κ3) is 3.16. The molecule has 29 heavy (non-hydrogen) atoms. The second-order valence-corrected chi connectivity index (χ2v) is 13.5. The minimum atomic E-state index is -3.84. The molecule has 0 radical (unpaired) electrons. The van der Waals surface area contributed by atoms with Gasteiger partial charge in [0.25, 0.3) is 0 Å². The molecule has 152 valence electrons. The summed E-state index contributed by atoms with van der Waals surface area (Å²) in [5.41, 5.74) is -0.137. The fourth-order valence-corrected chi connectivity index (χ4v) is 11.1. The number of hydrogen-bond acceptors (Lipinski definition) is 2. The Labute approximate surface area is 178 Å². The summed E-state index contributed by atoms with van der Waals surface area (Å²) in [5, 5.41) is 2.95. The molecule has 0 bridgehead atoms. The van der Waals surface area contributed by atoms with Gasteiger partial charge < -0.3 is 0 Å². The van der Waals surface area contributed by atoms with Gasteiger partial charge in [-0.1, -0.05) is 0 Å². The number of allylic oxidation sites excluding steroid dienone is 1. The van der Waals surface area contributed by atoms with Crippen LogP contribution in [0.4, 0.5) is 0 Å². The average molecular weight is 427 g/mol. The molecule has 0 N–H and O–H groups in total. The molecule has 0 unspecified atom stereocenters. The molecule has 2 nitrogen and oxygen atoms in total. The van der Waals surface area contributed by atoms with Crippen molar-refractivity contribution in [2.45, 2.75) is 19.4 Å². The van der Waals surface area contributed by atoms with Crippen molar-refractivity contribution in [1.82, 2.24) is 0 Å². The third-order valence-corrected chi connectivity index (χ3v) is 13.3. The topological polar surface area (TPSA) is 18.5 Å². The Balaban J connectivity index is 2.64. The normalized spacial score (nSPS) is 13.3. The standard InChI is InChI=1S/C25H28ClO2P/c1-21(2)20-25(27-3,28-4)29(26,22-14-8-5-9-15-22,23-16-10-6-11-17-23)24-18-12-7-13-19-24/h5-20H,1-4H3. The van der Waals surface area contributed by atoms with E-state index in [2.05, 4.69) is 36.4 Å². The summed E-state index contributed by atoms with van der Waals surface area (Å²) in [6.07, 6.45) is 2.02. The summed E-state index contributed by atoms with van der Waals surface area (Å²) in [5.74, 6) is -3.84. The summed E-state index contributed by atoms with van der Waals surface area (Å²) in [7, 11) is 3.34. The average Bonchev–Trinajstić information content (AvgIpc) is 2.78. The monoisotopic (exact) mass is 426 g/mol. The Morgan fingerprint density at radius 2 is 1.00 bits per heavy atom. The zero-order valence-electron chi connectivity index (χ0n) is 17.4. The van der Waals surface area contributed by atoms with E-state index in [9.17, 15) is 0 Å². The first-order valence-electron chi connectivity index (χ1n) is 9.60. The van der Waals surface area contributed by atoms with Crippen LogP contribution in [0.15, 0.2) is 103 Å². The molecule has 3 rings (SSSR count). The number of ether oxygens (including phenoxy) is 2. The van der Waals surface area contributed by atoms with Crippen molar-refractivity contribution >= 4 is 33.1 Å². The van der Waals surface area contributed by atoms with Crippen LogP contribution >= 0.6 is 17.2 Å². The number of halogens is 1. The van der Waals surface area contributed by atoms with E-state index in [-0.39, 0.29) is 0 Å². The Morgan fingerprint density at radius 1 is 0.690 bits per heavy atom. The molecule has 0 spiro atoms. The van der Waals surface area contributed by atoms with Gasteiger partial charge in [-0.25, -0.2) is 0 Å². The first-order valence-corrected chi connectivity index (χ1v) is 12.7. The molecule has 3 aromatic carbocycles. The molecule has 4 heteroatoms. The van der Waals surface area contributed by atoms with Crippen molar-refractivity contribution in [1.29, 1.82) is 0 Å². The van der Waals surface area contributed by atoms with E-state index in [0.29, 0.717) is 0 Å². The van der Waals surface area contributed by atoms with Gasteiger partial charge in [0.2, 0.25) is 0 Å². The van der Waals surface area contributed by atoms with Gasteiger partial charge in [0, 0.05) is 0 Å². The summed E-state index contributed by atoms with van der Waals surface area (Å²) in [4.78, 5) is 0. The Hall–Kier alpha value is -1.96. The van der Waals surface area contributed by atoms with Crippen LogP contribution in [-0.2, 0) is 9.47 Å². The van der Waals surface area contributed by atoms with Crippen molar-refractivity contribution in [2.24, 2.45) is 0 Å². The van der Waals surface area contributed by atoms with Gasteiger partial charge in [0.1, 0.15) is 0 Å². The van der Waals surface area contributed by atoms with E-state index in [4.69, 9.17) is 20.7 Å². The number of benzene rings is 3. The van der Waals surface area contributed by atoms with Crippen molar-refractivity contribution in [3.63, 3.8) is 0 Å². The van der Waals surface area contributed by atoms with Crippen LogP contribution < -0.4 is 15.9 Å². The van der Waals surface area contributed by atoms with Crippen molar-refractivity contribution in [2.75, 3.05) is 14.2 Å². The van der Waals surface area contributed by atoms with Crippen LogP contribution in [-0.4, -0.2) is 19.7 Å². The van der Waals surface area contributed by atoms with Crippen LogP contribution in [0.3, 0.4) is 0 Å². The van der Waals surface area contributed by atoms with Crippen LogP contribution in [0.1, 0.15) is 13.8 Å². The molecular weight excluding hydrogens is 399 g/mol. The quantitative estimate of drug-likeness (QED) is 0.279. The second kappa shape index (κ2) is 8.42. The third-order valence-electron chi connectivity index (χ3n) is 5.36. The Bertz CT molecular complexity index is 864. The van der Waals surface area contributed by atoms with Gasteiger partial charge in [-0.3, -0.25) is 0 Å². The van der Waals surface area contributed by atoms with Gasteiger partial charge >= 0.3 is 179 Å². The van der Waals surface area contributed by atoms with E-state index < -0.39 is 11.5 Å². The fourth-order valence-electron chi connectivity index (χ4n) is 4.14. The maximum atomic E-state index is 8.18. The molecule has 0 aliphatic carbocycles. The van der Waals surface area contributed by atoms with Crippen molar-refractivity contribution in [3.05, 3.63) is 103 Å². The molecule has 0 amide bonds. The van der Waals surface area contributed by atoms with Crippen LogP contribution in [0.2, 0.25) is 0 Å². The first kappa shape index (κ1) is 21.7. The van der Waals surface area contributed by atoms with Crippen LogP contribution in [0, 0.1) is 0 Å². The summed E-state index contributed by atoms with van der Waals surface area (Å²) in [6.45, 7) is 4.07. The molecule has 0 aromatic heterocycles. The maximum absolute atomic E-state index is 8.18. The minimum absolute atomic E-state index is 0.985. The number of hydrogen-bond donors (Lipinski definition) is 0. The Morgan fingerprint density at radius 3 is 1.24 bits per heavy atom. The van der Waals surface area contributed by atoms with Crippen molar-refractivity contribution < 1.29 is 9.47 Å². The fraction of sp³-hybridized carbons (Fsp3) is 0.200. The van der Waals surface area contributed by atoms with Crippen LogP contribution in [0.25, 0.3) is 0 Å². The molecule has 0 atom stereocenters. The SMILES string of the molecule is COC(C=C(C)C)(OC)P(Cl)(c1ccccc1)(c1ccccc1)c1ccccc1. The van der Waals surface area contributed by atoms with E-state index in [0.717, 1.165) is 21.5 Å². The predicted molar refractivity (Wildman–Crippen MR) is 127 cm³/mol. The number of rotatable bonds is 7. The predicted octanol–water partition coefficient (Wildman–Crippen LogP) is 5.58. The van der Waals surface area contributed by atoms with E-state index in [1.165, 1.54) is 0 Å². The zero-order valence-corrected chi connectivity index (χ0v) is 19.0. The zero-order chi connectivity index (χ0) is 21.0. The van der Waals surface area contributed by atoms with Gasteiger partial charge in [0.05, 0.1) is 0 Å². The van der Waals surface area contributed by atoms with E-state index in [1.54, 1.807) is 14.2 Å². The molecule has 3 aromatic rings. The molecule has 0 aliphatic rings. The molecule has 0 fully saturated rings. The van der Waals surface area contributed by atoms with E-state index in [1.807, 2.05) is 74.5 Å². The first-order chi connectivity index (χ1) is 13.9. The van der Waals surface area contributed by atoms with E-state index >= 15 is 0 Å². The van der Waals surface area contributed by atoms with Crippen molar-refractivity contribution in [3.8, 4) is 0 Å². The molecule has 0 saturated heterocycles. The molecular formula is C25H28ClO2P. The van der Waals surface area contributed by atoms with Crippen LogP contribution in [0.5, 0.6) is 0 Å². The van der Waals surface area contributed by atoms with Gasteiger partial charge in [-0.2, -0.15) is 0 Å². The summed E-state index contributed by atoms with van der Waals surface area (Å²) >= 11 is 8.18. The molecule has 0 aliphatic heterocycles. The van der Waals surface area contributed by atoms with Gasteiger partial charge in [-0.15, -0.1) is 0 Å². The molecule has 0 heterocycles. The molecule has 0 saturated carbocycles. The van der Waals surface area contributed by atoms with Gasteiger partial charge in [-0.05, 0) is 0 Å². The second-order valence-electron chi connectivity index (χ2n) is 7.28. The number of methoxy groups -OCH3 is 2. The summed E-state index contributed by atoms with van der Waals surface area (Å²) in [6, 6.07) is 30.6. The summed E-state index contributed by atoms with van der Waals surface area (Å²) < 4.78 is 12.5. The van der Waals surface area contributed by atoms with Gasteiger partial charge in [0.15, 0.2) is 0 Å².